The molecule has 0 saturated carbocycles. The van der Waals surface area contributed by atoms with Crippen molar-refractivity contribution in [3.8, 4) is 0 Å². The van der Waals surface area contributed by atoms with E-state index in [1.165, 1.54) is 0 Å². The van der Waals surface area contributed by atoms with Crippen molar-refractivity contribution in [2.45, 2.75) is 21.6 Å². The summed E-state index contributed by atoms with van der Waals surface area (Å²) < 4.78 is 102. The number of benzene rings is 2. The van der Waals surface area contributed by atoms with Crippen molar-refractivity contribution < 1.29 is 132 Å². The molecule has 142 valence electrons. The summed E-state index contributed by atoms with van der Waals surface area (Å²) >= 11 is 0. The van der Waals surface area contributed by atoms with Gasteiger partial charge in [0.25, 0.3) is 0 Å². The first-order valence-corrected chi connectivity index (χ1v) is 10.6. The van der Waals surface area contributed by atoms with Crippen LogP contribution in [0.4, 0.5) is 5.69 Å². The van der Waals surface area contributed by atoms with Crippen LogP contribution in [0.5, 0.6) is 0 Å². The van der Waals surface area contributed by atoms with Gasteiger partial charge in [-0.25, -0.2) is 25.3 Å². The number of fused-ring (bicyclic) bond motifs is 1. The van der Waals surface area contributed by atoms with Gasteiger partial charge in [-0.05, 0) is 29.7 Å². The van der Waals surface area contributed by atoms with E-state index in [9.17, 15) is 43.7 Å². The van der Waals surface area contributed by atoms with Crippen molar-refractivity contribution in [3.63, 3.8) is 0 Å². The van der Waals surface area contributed by atoms with Crippen molar-refractivity contribution in [1.29, 1.82) is 0 Å². The van der Waals surface area contributed by atoms with Crippen LogP contribution in [0, 0.1) is 0 Å². The standard InChI is InChI=1S/C12H11NO10S3.3Na/c1-6(14)13-10-4-8(24(15,16)17)2-7-3-9(25(18,19)20)5-11(12(7)10)26(21,22)23;;;/h2-5H,1H3,(H,13,14)(H,15,16,17)(H,18,19,20)(H,21,22,23);;;/q;3*+1/p-3. The summed E-state index contributed by atoms with van der Waals surface area (Å²) in [6, 6.07) is 2.09. The van der Waals surface area contributed by atoms with Crippen LogP contribution in [-0.2, 0) is 35.1 Å². The molecule has 0 aromatic heterocycles. The molecule has 11 nitrogen and oxygen atoms in total. The molecule has 17 heteroatoms. The van der Waals surface area contributed by atoms with Crippen LogP contribution < -0.4 is 94.0 Å². The first-order valence-electron chi connectivity index (χ1n) is 6.38. The maximum atomic E-state index is 11.5. The largest absolute Gasteiger partial charge is 1.00 e. The van der Waals surface area contributed by atoms with Gasteiger partial charge >= 0.3 is 88.7 Å². The van der Waals surface area contributed by atoms with Gasteiger partial charge in [-0.15, -0.1) is 0 Å². The summed E-state index contributed by atoms with van der Waals surface area (Å²) in [5.41, 5.74) is -0.534. The molecule has 2 aromatic rings. The van der Waals surface area contributed by atoms with Crippen molar-refractivity contribution in [2.75, 3.05) is 5.32 Å². The third-order valence-electron chi connectivity index (χ3n) is 3.12. The first kappa shape index (κ1) is 32.1. The van der Waals surface area contributed by atoms with Crippen molar-refractivity contribution >= 4 is 52.7 Å². The second-order valence-electron chi connectivity index (χ2n) is 5.03. The molecular weight excluding hydrogens is 483 g/mol. The molecule has 29 heavy (non-hydrogen) atoms. The number of hydrogen-bond acceptors (Lipinski definition) is 10. The fourth-order valence-electron chi connectivity index (χ4n) is 2.20. The molecule has 2 aromatic carbocycles. The van der Waals surface area contributed by atoms with Crippen LogP contribution >= 0.6 is 0 Å². The van der Waals surface area contributed by atoms with Crippen LogP contribution in [0.1, 0.15) is 6.92 Å². The van der Waals surface area contributed by atoms with Crippen LogP contribution in [0.3, 0.4) is 0 Å². The molecule has 0 atom stereocenters. The SMILES string of the molecule is CC(=O)Nc1cc(S(=O)(=O)[O-])cc2cc(S(=O)(=O)[O-])cc(S(=O)(=O)[O-])c12.[Na+].[Na+].[Na+]. The van der Waals surface area contributed by atoms with Crippen molar-refractivity contribution in [1.82, 2.24) is 0 Å². The number of hydrogen-bond donors (Lipinski definition) is 1. The molecule has 0 spiro atoms. The average Bonchev–Trinajstić information content (AvgIpc) is 2.42. The van der Waals surface area contributed by atoms with Crippen molar-refractivity contribution in [3.05, 3.63) is 24.3 Å². The summed E-state index contributed by atoms with van der Waals surface area (Å²) in [4.78, 5) is 8.04. The normalized spacial score (nSPS) is 11.6. The smallest absolute Gasteiger partial charge is 0.744 e. The average molecular weight is 491 g/mol. The molecule has 1 N–H and O–H groups in total. The van der Waals surface area contributed by atoms with Crippen LogP contribution in [0.2, 0.25) is 0 Å². The van der Waals surface area contributed by atoms with E-state index >= 15 is 0 Å². The summed E-state index contributed by atoms with van der Waals surface area (Å²) in [5.74, 6) is -0.804. The molecule has 0 aliphatic heterocycles. The fourth-order valence-corrected chi connectivity index (χ4v) is 4.09. The van der Waals surface area contributed by atoms with Gasteiger partial charge in [-0.3, -0.25) is 4.79 Å². The van der Waals surface area contributed by atoms with Crippen molar-refractivity contribution in [2.24, 2.45) is 0 Å². The van der Waals surface area contributed by atoms with Gasteiger partial charge in [0.1, 0.15) is 30.4 Å². The minimum Gasteiger partial charge on any atom is -0.744 e. The van der Waals surface area contributed by atoms with E-state index in [1.54, 1.807) is 0 Å². The summed E-state index contributed by atoms with van der Waals surface area (Å²) in [7, 11) is -15.7. The zero-order valence-corrected chi connectivity index (χ0v) is 24.1. The van der Waals surface area contributed by atoms with E-state index in [0.29, 0.717) is 24.3 Å². The topological polar surface area (TPSA) is 201 Å². The van der Waals surface area contributed by atoms with E-state index in [4.69, 9.17) is 0 Å². The molecule has 0 bridgehead atoms. The van der Waals surface area contributed by atoms with E-state index in [0.717, 1.165) is 6.92 Å². The van der Waals surface area contributed by atoms with E-state index in [1.807, 2.05) is 0 Å². The molecule has 0 aliphatic rings. The molecule has 0 heterocycles. The van der Waals surface area contributed by atoms with Crippen LogP contribution in [0.15, 0.2) is 39.0 Å². The third kappa shape index (κ3) is 8.07. The predicted octanol–water partition coefficient (Wildman–Crippen LogP) is -9.48. The molecule has 0 radical (unpaired) electrons. The monoisotopic (exact) mass is 491 g/mol. The number of carbonyl (C=O) groups is 1. The van der Waals surface area contributed by atoms with Crippen LogP contribution in [0.25, 0.3) is 10.8 Å². The van der Waals surface area contributed by atoms with Gasteiger partial charge in [0, 0.05) is 12.3 Å². The molecule has 2 rings (SSSR count). The fraction of sp³-hybridized carbons (Fsp3) is 0.0833. The minimum atomic E-state index is -5.35. The number of nitrogens with one attached hydrogen (secondary N) is 1. The molecular formula is C12H8NNa3O10S3. The number of rotatable bonds is 4. The Bertz CT molecular complexity index is 1250. The first-order chi connectivity index (χ1) is 11.6. The quantitative estimate of drug-likeness (QED) is 0.316. The van der Waals surface area contributed by atoms with Gasteiger partial charge < -0.3 is 19.0 Å². The molecule has 0 aliphatic carbocycles. The third-order valence-corrected chi connectivity index (χ3v) is 5.60. The molecule has 1 amide bonds. The number of anilines is 1. The maximum Gasteiger partial charge on any atom is 1.00 e. The van der Waals surface area contributed by atoms with E-state index in [2.05, 4.69) is 5.32 Å². The Balaban J connectivity index is 0. The Morgan fingerprint density at radius 2 is 1.17 bits per heavy atom. The predicted molar refractivity (Wildman–Crippen MR) is 82.1 cm³/mol. The molecule has 0 saturated heterocycles. The van der Waals surface area contributed by atoms with Gasteiger partial charge in [0.15, 0.2) is 0 Å². The Morgan fingerprint density at radius 3 is 1.52 bits per heavy atom. The zero-order chi connectivity index (χ0) is 20.1. The zero-order valence-electron chi connectivity index (χ0n) is 15.6. The van der Waals surface area contributed by atoms with E-state index in [-0.39, 0.29) is 88.7 Å². The van der Waals surface area contributed by atoms with Crippen LogP contribution in [-0.4, -0.2) is 44.8 Å². The number of amides is 1. The Hall–Kier alpha value is 0.900. The second-order valence-corrected chi connectivity index (χ2v) is 9.14. The molecule has 0 fully saturated rings. The van der Waals surface area contributed by atoms with Gasteiger partial charge in [0.2, 0.25) is 5.91 Å². The summed E-state index contributed by atoms with van der Waals surface area (Å²) in [6.07, 6.45) is 0. The summed E-state index contributed by atoms with van der Waals surface area (Å²) in [5, 5.41) is 0.981. The maximum absolute atomic E-state index is 11.5. The van der Waals surface area contributed by atoms with Gasteiger partial charge in [0.05, 0.1) is 20.4 Å². The number of carbonyl (C=O) groups excluding carboxylic acids is 1. The minimum absolute atomic E-state index is 0. The van der Waals surface area contributed by atoms with E-state index < -0.39 is 67.4 Å². The van der Waals surface area contributed by atoms with Gasteiger partial charge in [-0.1, -0.05) is 0 Å². The Kier molecular flexibility index (Phi) is 12.3. The Labute approximate surface area is 233 Å². The Morgan fingerprint density at radius 1 is 0.759 bits per heavy atom. The molecule has 0 unspecified atom stereocenters. The summed E-state index contributed by atoms with van der Waals surface area (Å²) in [6.45, 7) is 0.978. The van der Waals surface area contributed by atoms with Gasteiger partial charge in [-0.2, -0.15) is 0 Å². The second kappa shape index (κ2) is 11.2.